The van der Waals surface area contributed by atoms with Crippen LogP contribution in [0.25, 0.3) is 0 Å². The molecule has 0 fully saturated rings. The highest BCUT2D eigenvalue weighted by Crippen LogP contribution is 2.06. The Labute approximate surface area is 106 Å². The molecule has 1 N–H and O–H groups in total. The maximum absolute atomic E-state index is 11.7. The average Bonchev–Trinajstić information content (AvgIpc) is 2.28. The molecule has 1 aromatic rings. The number of hydrogen-bond donors (Lipinski definition) is 1. The Morgan fingerprint density at radius 1 is 1.06 bits per heavy atom. The van der Waals surface area contributed by atoms with Crippen LogP contribution in [0.15, 0.2) is 30.3 Å². The zero-order chi connectivity index (χ0) is 13.5. The number of carbonyl (C=O) groups is 3. The topological polar surface area (TPSA) is 71.4 Å². The number of aliphatic hydroxyl groups is 1. The van der Waals surface area contributed by atoms with Crippen molar-refractivity contribution in [1.82, 2.24) is 0 Å². The van der Waals surface area contributed by atoms with Gasteiger partial charge in [-0.25, -0.2) is 0 Å². The van der Waals surface area contributed by atoms with Gasteiger partial charge >= 0.3 is 0 Å². The number of benzene rings is 1. The molecule has 1 atom stereocenters. The van der Waals surface area contributed by atoms with E-state index >= 15 is 0 Å². The Hall–Kier alpha value is -1.81. The molecule has 0 spiro atoms. The van der Waals surface area contributed by atoms with Crippen molar-refractivity contribution < 1.29 is 19.5 Å². The molecular formula is C14H16O4. The van der Waals surface area contributed by atoms with Crippen LogP contribution in [-0.2, 0) is 9.59 Å². The molecule has 1 aromatic carbocycles. The molecule has 0 bridgehead atoms. The minimum absolute atomic E-state index is 0.0503. The summed E-state index contributed by atoms with van der Waals surface area (Å²) in [5.41, 5.74) is 0.467. The molecule has 0 aliphatic heterocycles. The van der Waals surface area contributed by atoms with Gasteiger partial charge in [-0.3, -0.25) is 14.4 Å². The third kappa shape index (κ3) is 5.01. The van der Waals surface area contributed by atoms with Gasteiger partial charge < -0.3 is 5.11 Å². The molecule has 1 rings (SSSR count). The second-order valence-electron chi connectivity index (χ2n) is 4.27. The van der Waals surface area contributed by atoms with E-state index in [2.05, 4.69) is 0 Å². The summed E-state index contributed by atoms with van der Waals surface area (Å²) >= 11 is 0. The van der Waals surface area contributed by atoms with E-state index in [0.717, 1.165) is 0 Å². The molecule has 0 heterocycles. The summed E-state index contributed by atoms with van der Waals surface area (Å²) in [6.07, 6.45) is -1.36. The summed E-state index contributed by atoms with van der Waals surface area (Å²) in [5, 5.41) is 9.00. The summed E-state index contributed by atoms with van der Waals surface area (Å²) in [7, 11) is 0. The molecule has 0 saturated carbocycles. The van der Waals surface area contributed by atoms with Crippen LogP contribution in [0.5, 0.6) is 0 Å². The SMILES string of the molecule is C[C@H](O)CC(=O)CC(=O)CC(=O)c1ccccc1. The lowest BCUT2D eigenvalue weighted by atomic mass is 10.0. The molecule has 0 aliphatic carbocycles. The largest absolute Gasteiger partial charge is 0.393 e. The maximum atomic E-state index is 11.7. The average molecular weight is 248 g/mol. The number of carbonyl (C=O) groups excluding carboxylic acids is 3. The Morgan fingerprint density at radius 3 is 2.22 bits per heavy atom. The number of hydrogen-bond acceptors (Lipinski definition) is 4. The lowest BCUT2D eigenvalue weighted by Crippen LogP contribution is -2.16. The van der Waals surface area contributed by atoms with Crippen molar-refractivity contribution in [2.24, 2.45) is 0 Å². The Kier molecular flexibility index (Phi) is 5.39. The van der Waals surface area contributed by atoms with E-state index in [1.54, 1.807) is 30.3 Å². The van der Waals surface area contributed by atoms with Crippen molar-refractivity contribution in [1.29, 1.82) is 0 Å². The van der Waals surface area contributed by atoms with Crippen LogP contribution in [0.4, 0.5) is 0 Å². The molecule has 0 saturated heterocycles. The maximum Gasteiger partial charge on any atom is 0.170 e. The molecule has 4 nitrogen and oxygen atoms in total. The number of aliphatic hydroxyl groups excluding tert-OH is 1. The van der Waals surface area contributed by atoms with Gasteiger partial charge in [0.25, 0.3) is 0 Å². The van der Waals surface area contributed by atoms with Crippen LogP contribution in [-0.4, -0.2) is 28.6 Å². The van der Waals surface area contributed by atoms with Gasteiger partial charge in [0.2, 0.25) is 0 Å². The highest BCUT2D eigenvalue weighted by molar-refractivity contribution is 6.12. The summed E-state index contributed by atoms with van der Waals surface area (Å²) in [6, 6.07) is 8.48. The first-order chi connectivity index (χ1) is 8.49. The van der Waals surface area contributed by atoms with Crippen LogP contribution >= 0.6 is 0 Å². The van der Waals surface area contributed by atoms with E-state index in [4.69, 9.17) is 5.11 Å². The van der Waals surface area contributed by atoms with Gasteiger partial charge in [0.05, 0.1) is 18.9 Å². The third-order valence-electron chi connectivity index (χ3n) is 2.37. The second-order valence-corrected chi connectivity index (χ2v) is 4.27. The fourth-order valence-corrected chi connectivity index (χ4v) is 1.59. The molecule has 0 amide bonds. The van der Waals surface area contributed by atoms with Crippen molar-refractivity contribution in [2.75, 3.05) is 0 Å². The summed E-state index contributed by atoms with van der Waals surface area (Å²) in [5.74, 6) is -1.03. The van der Waals surface area contributed by atoms with Crippen molar-refractivity contribution >= 4 is 17.3 Å². The van der Waals surface area contributed by atoms with E-state index in [9.17, 15) is 14.4 Å². The minimum atomic E-state index is -0.755. The van der Waals surface area contributed by atoms with Gasteiger partial charge in [-0.15, -0.1) is 0 Å². The van der Waals surface area contributed by atoms with E-state index in [1.165, 1.54) is 6.92 Å². The van der Waals surface area contributed by atoms with E-state index in [1.807, 2.05) is 0 Å². The fourth-order valence-electron chi connectivity index (χ4n) is 1.59. The van der Waals surface area contributed by atoms with Crippen molar-refractivity contribution in [2.45, 2.75) is 32.3 Å². The molecule has 0 aromatic heterocycles. The molecule has 4 heteroatoms. The number of rotatable bonds is 7. The first-order valence-electron chi connectivity index (χ1n) is 5.78. The molecule has 0 aliphatic rings. The Morgan fingerprint density at radius 2 is 1.67 bits per heavy atom. The summed E-state index contributed by atoms with van der Waals surface area (Å²) in [4.78, 5) is 34.5. The van der Waals surface area contributed by atoms with Crippen LogP contribution in [0, 0.1) is 0 Å². The highest BCUT2D eigenvalue weighted by Gasteiger charge is 2.16. The van der Waals surface area contributed by atoms with Gasteiger partial charge in [-0.1, -0.05) is 30.3 Å². The van der Waals surface area contributed by atoms with Crippen molar-refractivity contribution in [3.63, 3.8) is 0 Å². The lowest BCUT2D eigenvalue weighted by Gasteiger charge is -2.03. The van der Waals surface area contributed by atoms with Gasteiger partial charge in [0.15, 0.2) is 5.78 Å². The molecule has 18 heavy (non-hydrogen) atoms. The third-order valence-corrected chi connectivity index (χ3v) is 2.37. The van der Waals surface area contributed by atoms with Gasteiger partial charge in [-0.05, 0) is 6.92 Å². The molecule has 96 valence electrons. The van der Waals surface area contributed by atoms with E-state index in [0.29, 0.717) is 5.56 Å². The first kappa shape index (κ1) is 14.3. The fraction of sp³-hybridized carbons (Fsp3) is 0.357. The van der Waals surface area contributed by atoms with Gasteiger partial charge in [0.1, 0.15) is 11.6 Å². The van der Waals surface area contributed by atoms with Crippen LogP contribution in [0.2, 0.25) is 0 Å². The standard InChI is InChI=1S/C14H16O4/c1-10(15)7-12(16)8-13(17)9-14(18)11-5-3-2-4-6-11/h2-6,10,15H,7-9H2,1H3/t10-/m0/s1. The second kappa shape index (κ2) is 6.81. The van der Waals surface area contributed by atoms with E-state index in [-0.39, 0.29) is 30.8 Å². The van der Waals surface area contributed by atoms with Gasteiger partial charge in [-0.2, -0.15) is 0 Å². The highest BCUT2D eigenvalue weighted by atomic mass is 16.3. The van der Waals surface area contributed by atoms with Crippen molar-refractivity contribution in [3.05, 3.63) is 35.9 Å². The lowest BCUT2D eigenvalue weighted by molar-refractivity contribution is -0.127. The predicted octanol–water partition coefficient (Wildman–Crippen LogP) is 1.56. The Bertz CT molecular complexity index is 434. The summed E-state index contributed by atoms with van der Waals surface area (Å²) in [6.45, 7) is 1.48. The van der Waals surface area contributed by atoms with Crippen LogP contribution in [0.3, 0.4) is 0 Å². The summed E-state index contributed by atoms with van der Waals surface area (Å²) < 4.78 is 0. The zero-order valence-corrected chi connectivity index (χ0v) is 10.3. The van der Waals surface area contributed by atoms with Gasteiger partial charge in [0, 0.05) is 12.0 Å². The smallest absolute Gasteiger partial charge is 0.170 e. The minimum Gasteiger partial charge on any atom is -0.393 e. The monoisotopic (exact) mass is 248 g/mol. The van der Waals surface area contributed by atoms with Crippen molar-refractivity contribution in [3.8, 4) is 0 Å². The normalized spacial score (nSPS) is 11.9. The number of ketones is 3. The Balaban J connectivity index is 2.46. The molecule has 0 unspecified atom stereocenters. The quantitative estimate of drug-likeness (QED) is 0.587. The van der Waals surface area contributed by atoms with Crippen LogP contribution in [0.1, 0.15) is 36.5 Å². The first-order valence-corrected chi connectivity index (χ1v) is 5.78. The zero-order valence-electron chi connectivity index (χ0n) is 10.3. The molecular weight excluding hydrogens is 232 g/mol. The number of Topliss-reactive ketones (excluding diaryl/α,β-unsaturated/α-hetero) is 3. The predicted molar refractivity (Wildman–Crippen MR) is 66.3 cm³/mol. The van der Waals surface area contributed by atoms with E-state index < -0.39 is 11.9 Å². The molecule has 0 radical (unpaired) electrons. The van der Waals surface area contributed by atoms with Crippen LogP contribution < -0.4 is 0 Å².